The van der Waals surface area contributed by atoms with Crippen molar-refractivity contribution in [3.05, 3.63) is 84.4 Å². The van der Waals surface area contributed by atoms with Crippen LogP contribution in [0.2, 0.25) is 0 Å². The molecule has 150 valence electrons. The molecule has 5 aromatic rings. The summed E-state index contributed by atoms with van der Waals surface area (Å²) in [6, 6.07) is 20.1. The summed E-state index contributed by atoms with van der Waals surface area (Å²) in [7, 11) is 0. The molecule has 0 spiro atoms. The normalized spacial score (nSPS) is 14.2. The number of benzene rings is 2. The molecule has 6 nitrogen and oxygen atoms in total. The van der Waals surface area contributed by atoms with Crippen LogP contribution in [0.15, 0.2) is 73.1 Å². The molecule has 0 atom stereocenters. The van der Waals surface area contributed by atoms with Crippen molar-refractivity contribution in [3.63, 3.8) is 0 Å². The number of aryl methyl sites for hydroxylation is 1. The molecule has 1 saturated heterocycles. The number of fused-ring (bicyclic) bond motifs is 2. The van der Waals surface area contributed by atoms with Crippen molar-refractivity contribution in [3.8, 4) is 11.3 Å². The van der Waals surface area contributed by atoms with E-state index in [0.717, 1.165) is 63.6 Å². The lowest BCUT2D eigenvalue weighted by Gasteiger charge is -2.39. The maximum Gasteiger partial charge on any atom is 0.225 e. The van der Waals surface area contributed by atoms with E-state index < -0.39 is 0 Å². The van der Waals surface area contributed by atoms with Gasteiger partial charge in [0, 0.05) is 48.0 Å². The highest BCUT2D eigenvalue weighted by atomic mass is 15.3. The van der Waals surface area contributed by atoms with Crippen LogP contribution in [0, 0.1) is 6.92 Å². The fourth-order valence-electron chi connectivity index (χ4n) is 4.16. The van der Waals surface area contributed by atoms with Gasteiger partial charge in [-0.15, -0.1) is 0 Å². The molecule has 0 unspecified atom stereocenters. The molecule has 6 heteroatoms. The molecule has 31 heavy (non-hydrogen) atoms. The molecule has 4 heterocycles. The van der Waals surface area contributed by atoms with Crippen molar-refractivity contribution in [2.24, 2.45) is 0 Å². The molecule has 1 aliphatic rings. The van der Waals surface area contributed by atoms with Gasteiger partial charge >= 0.3 is 0 Å². The smallest absolute Gasteiger partial charge is 0.225 e. The van der Waals surface area contributed by atoms with Crippen molar-refractivity contribution in [1.82, 2.24) is 24.9 Å². The van der Waals surface area contributed by atoms with Crippen molar-refractivity contribution in [2.75, 3.05) is 18.0 Å². The third-order valence-electron chi connectivity index (χ3n) is 5.89. The number of hydrogen-bond donors (Lipinski definition) is 0. The Hall–Kier alpha value is -3.93. The molecular formula is C25H20N6. The summed E-state index contributed by atoms with van der Waals surface area (Å²) in [4.78, 5) is 26.0. The Morgan fingerprint density at radius 3 is 2.32 bits per heavy atom. The predicted octanol–water partition coefficient (Wildman–Crippen LogP) is 4.55. The molecular weight excluding hydrogens is 384 g/mol. The predicted molar refractivity (Wildman–Crippen MR) is 122 cm³/mol. The van der Waals surface area contributed by atoms with Gasteiger partial charge in [0.05, 0.1) is 27.9 Å². The quantitative estimate of drug-likeness (QED) is 0.440. The van der Waals surface area contributed by atoms with E-state index in [1.54, 1.807) is 0 Å². The molecule has 2 aromatic carbocycles. The van der Waals surface area contributed by atoms with E-state index in [0.29, 0.717) is 0 Å². The second-order valence-corrected chi connectivity index (χ2v) is 7.91. The van der Waals surface area contributed by atoms with Crippen LogP contribution in [0.1, 0.15) is 17.3 Å². The van der Waals surface area contributed by atoms with E-state index in [4.69, 9.17) is 15.0 Å². The van der Waals surface area contributed by atoms with E-state index in [9.17, 15) is 0 Å². The van der Waals surface area contributed by atoms with Crippen LogP contribution in [0.3, 0.4) is 0 Å². The van der Waals surface area contributed by atoms with Crippen molar-refractivity contribution in [2.45, 2.75) is 12.8 Å². The van der Waals surface area contributed by atoms with E-state index in [-0.39, 0.29) is 5.92 Å². The molecule has 3 aromatic heterocycles. The Morgan fingerprint density at radius 1 is 0.774 bits per heavy atom. The average molecular weight is 404 g/mol. The largest absolute Gasteiger partial charge is 0.339 e. The first-order valence-electron chi connectivity index (χ1n) is 10.4. The molecule has 0 aliphatic carbocycles. The highest BCUT2D eigenvalue weighted by Gasteiger charge is 2.34. The Kier molecular flexibility index (Phi) is 4.09. The summed E-state index contributed by atoms with van der Waals surface area (Å²) in [6.45, 7) is 3.65. The van der Waals surface area contributed by atoms with Crippen molar-refractivity contribution < 1.29 is 0 Å². The van der Waals surface area contributed by atoms with Crippen LogP contribution in [0.4, 0.5) is 5.95 Å². The van der Waals surface area contributed by atoms with Gasteiger partial charge in [-0.2, -0.15) is 0 Å². The fraction of sp³-hybridized carbons (Fsp3) is 0.160. The summed E-state index contributed by atoms with van der Waals surface area (Å²) in [5.41, 5.74) is 6.73. The Balaban J connectivity index is 1.38. The first kappa shape index (κ1) is 17.9. The zero-order chi connectivity index (χ0) is 20.8. The number of pyridine rings is 1. The lowest BCUT2D eigenvalue weighted by atomic mass is 9.92. The lowest BCUT2D eigenvalue weighted by Crippen LogP contribution is -2.46. The molecule has 1 aliphatic heterocycles. The van der Waals surface area contributed by atoms with E-state index >= 15 is 0 Å². The van der Waals surface area contributed by atoms with Crippen LogP contribution in [0.5, 0.6) is 0 Å². The minimum atomic E-state index is 0.266. The second kappa shape index (κ2) is 7.09. The topological polar surface area (TPSA) is 67.7 Å². The Morgan fingerprint density at radius 2 is 1.52 bits per heavy atom. The highest BCUT2D eigenvalue weighted by molar-refractivity contribution is 5.80. The van der Waals surface area contributed by atoms with Gasteiger partial charge in [-0.3, -0.25) is 4.98 Å². The SMILES string of the molecule is Cc1ncccc1-c1nc2ccccc2nc1C1CN(c2ncc3ccccc3n2)C1. The lowest BCUT2D eigenvalue weighted by molar-refractivity contribution is 0.505. The van der Waals surface area contributed by atoms with Crippen molar-refractivity contribution in [1.29, 1.82) is 0 Å². The number of aromatic nitrogens is 5. The van der Waals surface area contributed by atoms with Crippen LogP contribution in [-0.2, 0) is 0 Å². The van der Waals surface area contributed by atoms with E-state index in [2.05, 4.69) is 20.9 Å². The summed E-state index contributed by atoms with van der Waals surface area (Å²) >= 11 is 0. The molecule has 0 saturated carbocycles. The van der Waals surface area contributed by atoms with Crippen LogP contribution in [0.25, 0.3) is 33.2 Å². The Bertz CT molecular complexity index is 1420. The van der Waals surface area contributed by atoms with Gasteiger partial charge in [-0.1, -0.05) is 30.3 Å². The number of rotatable bonds is 3. The van der Waals surface area contributed by atoms with Crippen LogP contribution in [-0.4, -0.2) is 38.0 Å². The number of para-hydroxylation sites is 3. The number of hydrogen-bond acceptors (Lipinski definition) is 6. The standard InChI is InChI=1S/C25H20N6/c1-16-19(8-6-12-26-16)24-23(28-21-10-4-5-11-22(21)29-24)18-14-31(15-18)25-27-13-17-7-2-3-9-20(17)30-25/h2-13,18H,14-15H2,1H3. The van der Waals surface area contributed by atoms with Gasteiger partial charge in [0.15, 0.2) is 0 Å². The average Bonchev–Trinajstić information content (AvgIpc) is 2.78. The van der Waals surface area contributed by atoms with Gasteiger partial charge in [0.25, 0.3) is 0 Å². The van der Waals surface area contributed by atoms with Gasteiger partial charge in [-0.05, 0) is 37.3 Å². The number of nitrogens with zero attached hydrogens (tertiary/aromatic N) is 6. The summed E-state index contributed by atoms with van der Waals surface area (Å²) in [6.07, 6.45) is 3.71. The highest BCUT2D eigenvalue weighted by Crippen LogP contribution is 2.36. The zero-order valence-electron chi connectivity index (χ0n) is 17.1. The van der Waals surface area contributed by atoms with E-state index in [1.165, 1.54) is 0 Å². The minimum absolute atomic E-state index is 0.266. The minimum Gasteiger partial charge on any atom is -0.339 e. The molecule has 0 bridgehead atoms. The first-order chi connectivity index (χ1) is 15.3. The number of anilines is 1. The fourth-order valence-corrected chi connectivity index (χ4v) is 4.16. The second-order valence-electron chi connectivity index (χ2n) is 7.91. The van der Waals surface area contributed by atoms with Gasteiger partial charge in [0.2, 0.25) is 5.95 Å². The maximum atomic E-state index is 5.03. The monoisotopic (exact) mass is 404 g/mol. The maximum absolute atomic E-state index is 5.03. The Labute approximate surface area is 179 Å². The third-order valence-corrected chi connectivity index (χ3v) is 5.89. The molecule has 0 radical (unpaired) electrons. The van der Waals surface area contributed by atoms with Gasteiger partial charge < -0.3 is 4.90 Å². The third kappa shape index (κ3) is 3.08. The van der Waals surface area contributed by atoms with E-state index in [1.807, 2.05) is 73.9 Å². The summed E-state index contributed by atoms with van der Waals surface area (Å²) < 4.78 is 0. The van der Waals surface area contributed by atoms with Crippen LogP contribution >= 0.6 is 0 Å². The molecule has 1 fully saturated rings. The molecule has 6 rings (SSSR count). The summed E-state index contributed by atoms with van der Waals surface area (Å²) in [5.74, 6) is 1.03. The molecule has 0 amide bonds. The molecule has 0 N–H and O–H groups in total. The first-order valence-corrected chi connectivity index (χ1v) is 10.4. The van der Waals surface area contributed by atoms with Crippen LogP contribution < -0.4 is 4.90 Å². The zero-order valence-corrected chi connectivity index (χ0v) is 17.1. The van der Waals surface area contributed by atoms with Crippen molar-refractivity contribution >= 4 is 27.9 Å². The van der Waals surface area contributed by atoms with Gasteiger partial charge in [0.1, 0.15) is 0 Å². The summed E-state index contributed by atoms with van der Waals surface area (Å²) in [5, 5.41) is 1.05. The van der Waals surface area contributed by atoms with Gasteiger partial charge in [-0.25, -0.2) is 19.9 Å².